The van der Waals surface area contributed by atoms with Gasteiger partial charge >= 0.3 is 0 Å². The number of hydrogen-bond acceptors (Lipinski definition) is 4. The van der Waals surface area contributed by atoms with E-state index in [-0.39, 0.29) is 15.4 Å². The molecule has 0 unspecified atom stereocenters. The van der Waals surface area contributed by atoms with E-state index in [4.69, 9.17) is 0 Å². The number of nitrogens with zero attached hydrogens (tertiary/aromatic N) is 3. The van der Waals surface area contributed by atoms with E-state index in [0.29, 0.717) is 22.2 Å². The third kappa shape index (κ3) is 4.80. The molecule has 30 heavy (non-hydrogen) atoms. The molecule has 0 spiro atoms. The van der Waals surface area contributed by atoms with Crippen LogP contribution in [0.25, 0.3) is 22.0 Å². The Kier molecular flexibility index (Phi) is 6.06. The van der Waals surface area contributed by atoms with Crippen molar-refractivity contribution in [2.24, 2.45) is 0 Å². The molecule has 0 saturated carbocycles. The van der Waals surface area contributed by atoms with Gasteiger partial charge in [-0.05, 0) is 56.5 Å². The number of hydrogen-bond donors (Lipinski definition) is 2. The Labute approximate surface area is 188 Å². The standard InChI is InChI=1S/C22H25FIN5O/c1-22(2,24)13-29-10-7-15(8-11-29)26-21(30)19-17-12-14(5-6-18(17)27-28-19)16-4-3-9-25-20(16)23/h3-6,9,12,15H,7-8,10-11,13H2,1-2H3,(H,26,30)(H,27,28). The maximum Gasteiger partial charge on any atom is 0.272 e. The lowest BCUT2D eigenvalue weighted by atomic mass is 10.0. The molecule has 158 valence electrons. The summed E-state index contributed by atoms with van der Waals surface area (Å²) in [7, 11) is 0. The highest BCUT2D eigenvalue weighted by molar-refractivity contribution is 14.1. The lowest BCUT2D eigenvalue weighted by Gasteiger charge is -2.35. The number of fused-ring (bicyclic) bond motifs is 1. The molecule has 1 aromatic carbocycles. The molecule has 1 saturated heterocycles. The number of nitrogens with one attached hydrogen (secondary N) is 2. The van der Waals surface area contributed by atoms with Crippen LogP contribution >= 0.6 is 22.6 Å². The van der Waals surface area contributed by atoms with Crippen LogP contribution in [0.1, 0.15) is 37.2 Å². The van der Waals surface area contributed by atoms with Crippen molar-refractivity contribution in [1.82, 2.24) is 25.4 Å². The smallest absolute Gasteiger partial charge is 0.272 e. The number of rotatable bonds is 5. The van der Waals surface area contributed by atoms with Crippen LogP contribution in [-0.2, 0) is 0 Å². The zero-order chi connectivity index (χ0) is 21.3. The van der Waals surface area contributed by atoms with Gasteiger partial charge in [0.25, 0.3) is 5.91 Å². The number of alkyl halides is 1. The summed E-state index contributed by atoms with van der Waals surface area (Å²) in [5, 5.41) is 10.9. The second kappa shape index (κ2) is 8.58. The molecule has 0 radical (unpaired) electrons. The number of halogens is 2. The maximum absolute atomic E-state index is 14.1. The van der Waals surface area contributed by atoms with E-state index in [1.54, 1.807) is 24.3 Å². The van der Waals surface area contributed by atoms with Crippen molar-refractivity contribution < 1.29 is 9.18 Å². The topological polar surface area (TPSA) is 73.9 Å². The molecular formula is C22H25FIN5O. The van der Waals surface area contributed by atoms with E-state index in [0.717, 1.165) is 38.0 Å². The average molecular weight is 521 g/mol. The van der Waals surface area contributed by atoms with Crippen LogP contribution in [0.2, 0.25) is 0 Å². The van der Waals surface area contributed by atoms with Crippen LogP contribution < -0.4 is 5.32 Å². The molecule has 3 aromatic rings. The Hall–Kier alpha value is -2.07. The van der Waals surface area contributed by atoms with Crippen LogP contribution in [0.3, 0.4) is 0 Å². The van der Waals surface area contributed by atoms with Crippen molar-refractivity contribution in [3.63, 3.8) is 0 Å². The molecule has 0 atom stereocenters. The number of benzene rings is 1. The first-order valence-electron chi connectivity index (χ1n) is 10.1. The van der Waals surface area contributed by atoms with Crippen molar-refractivity contribution in [2.45, 2.75) is 36.2 Å². The van der Waals surface area contributed by atoms with Crippen molar-refractivity contribution in [3.05, 3.63) is 48.2 Å². The fourth-order valence-electron chi connectivity index (χ4n) is 3.98. The van der Waals surface area contributed by atoms with Gasteiger partial charge in [0.1, 0.15) is 0 Å². The fraction of sp³-hybridized carbons (Fsp3) is 0.409. The van der Waals surface area contributed by atoms with Crippen molar-refractivity contribution in [2.75, 3.05) is 19.6 Å². The molecule has 0 bridgehead atoms. The largest absolute Gasteiger partial charge is 0.348 e. The summed E-state index contributed by atoms with van der Waals surface area (Å²) in [6.07, 6.45) is 3.26. The second-order valence-corrected chi connectivity index (χ2v) is 11.3. The monoisotopic (exact) mass is 521 g/mol. The number of aromatic nitrogens is 3. The van der Waals surface area contributed by atoms with Gasteiger partial charge < -0.3 is 10.2 Å². The van der Waals surface area contributed by atoms with Gasteiger partial charge in [-0.15, -0.1) is 0 Å². The Morgan fingerprint density at radius 1 is 1.33 bits per heavy atom. The normalized spacial score (nSPS) is 16.1. The third-order valence-corrected chi connectivity index (χ3v) is 5.71. The van der Waals surface area contributed by atoms with E-state index in [9.17, 15) is 9.18 Å². The molecule has 2 N–H and O–H groups in total. The summed E-state index contributed by atoms with van der Waals surface area (Å²) in [5.41, 5.74) is 2.15. The Bertz CT molecular complexity index is 1050. The van der Waals surface area contributed by atoms with Crippen LogP contribution in [0.15, 0.2) is 36.5 Å². The SMILES string of the molecule is CC(C)(I)CN1CCC(NC(=O)c2n[nH]c3ccc(-c4cccnc4F)cc23)CC1. The highest BCUT2D eigenvalue weighted by atomic mass is 127. The molecule has 1 aliphatic heterocycles. The zero-order valence-corrected chi connectivity index (χ0v) is 19.2. The van der Waals surface area contributed by atoms with Crippen molar-refractivity contribution >= 4 is 39.4 Å². The number of pyridine rings is 1. The van der Waals surface area contributed by atoms with Gasteiger partial charge in [0.15, 0.2) is 5.69 Å². The first-order chi connectivity index (χ1) is 14.3. The van der Waals surface area contributed by atoms with Gasteiger partial charge in [-0.25, -0.2) is 4.98 Å². The second-order valence-electron chi connectivity index (χ2n) is 8.42. The quantitative estimate of drug-likeness (QED) is 0.301. The molecule has 1 aliphatic rings. The van der Waals surface area contributed by atoms with E-state index in [1.807, 2.05) is 6.07 Å². The van der Waals surface area contributed by atoms with Gasteiger partial charge in [0.2, 0.25) is 5.95 Å². The van der Waals surface area contributed by atoms with Gasteiger partial charge in [-0.1, -0.05) is 28.7 Å². The molecule has 1 amide bonds. The Balaban J connectivity index is 1.48. The number of H-pyrrole nitrogens is 1. The number of carbonyl (C=O) groups is 1. The average Bonchev–Trinajstić information content (AvgIpc) is 3.12. The van der Waals surface area contributed by atoms with Gasteiger partial charge in [-0.2, -0.15) is 9.49 Å². The predicted molar refractivity (Wildman–Crippen MR) is 124 cm³/mol. The molecule has 6 nitrogen and oxygen atoms in total. The van der Waals surface area contributed by atoms with Crippen molar-refractivity contribution in [3.8, 4) is 11.1 Å². The highest BCUT2D eigenvalue weighted by Gasteiger charge is 2.26. The van der Waals surface area contributed by atoms with E-state index >= 15 is 0 Å². The van der Waals surface area contributed by atoms with Crippen molar-refractivity contribution in [1.29, 1.82) is 0 Å². The Morgan fingerprint density at radius 2 is 2.10 bits per heavy atom. The number of carbonyl (C=O) groups excluding carboxylic acids is 1. The van der Waals surface area contributed by atoms with E-state index in [2.05, 4.69) is 61.8 Å². The minimum atomic E-state index is -0.534. The summed E-state index contributed by atoms with van der Waals surface area (Å²) in [6, 6.07) is 8.90. The molecule has 2 aromatic heterocycles. The van der Waals surface area contributed by atoms with E-state index in [1.165, 1.54) is 6.20 Å². The number of aromatic amines is 1. The highest BCUT2D eigenvalue weighted by Crippen LogP contribution is 2.27. The van der Waals surface area contributed by atoms with Crippen LogP contribution in [0.4, 0.5) is 4.39 Å². The number of likely N-dealkylation sites (tertiary alicyclic amines) is 1. The van der Waals surface area contributed by atoms with Gasteiger partial charge in [0.05, 0.1) is 5.52 Å². The molecule has 0 aliphatic carbocycles. The molecule has 4 rings (SSSR count). The minimum absolute atomic E-state index is 0.136. The first-order valence-corrected chi connectivity index (χ1v) is 11.2. The Morgan fingerprint density at radius 3 is 2.80 bits per heavy atom. The zero-order valence-electron chi connectivity index (χ0n) is 17.1. The first kappa shape index (κ1) is 21.2. The third-order valence-electron chi connectivity index (χ3n) is 5.37. The lowest BCUT2D eigenvalue weighted by molar-refractivity contribution is 0.0906. The van der Waals surface area contributed by atoms with Crippen LogP contribution in [-0.4, -0.2) is 55.1 Å². The predicted octanol–water partition coefficient (Wildman–Crippen LogP) is 4.17. The van der Waals surface area contributed by atoms with Gasteiger partial charge in [-0.3, -0.25) is 9.89 Å². The summed E-state index contributed by atoms with van der Waals surface area (Å²) < 4.78 is 14.3. The molecular weight excluding hydrogens is 496 g/mol. The number of piperidine rings is 1. The molecule has 8 heteroatoms. The number of amides is 1. The lowest BCUT2D eigenvalue weighted by Crippen LogP contribution is -2.47. The van der Waals surface area contributed by atoms with Crippen LogP contribution in [0, 0.1) is 5.95 Å². The maximum atomic E-state index is 14.1. The van der Waals surface area contributed by atoms with Gasteiger partial charge in [0, 0.05) is 46.2 Å². The fourth-order valence-corrected chi connectivity index (χ4v) is 4.46. The van der Waals surface area contributed by atoms with E-state index < -0.39 is 5.95 Å². The summed E-state index contributed by atoms with van der Waals surface area (Å²) >= 11 is 2.48. The minimum Gasteiger partial charge on any atom is -0.348 e. The summed E-state index contributed by atoms with van der Waals surface area (Å²) in [4.78, 5) is 19.1. The van der Waals surface area contributed by atoms with Crippen LogP contribution in [0.5, 0.6) is 0 Å². The molecule has 3 heterocycles. The summed E-state index contributed by atoms with van der Waals surface area (Å²) in [6.45, 7) is 7.46. The molecule has 1 fully saturated rings. The summed E-state index contributed by atoms with van der Waals surface area (Å²) in [5.74, 6) is -0.731.